The highest BCUT2D eigenvalue weighted by atomic mass is 35.5. The zero-order chi connectivity index (χ0) is 13.3. The lowest BCUT2D eigenvalue weighted by Gasteiger charge is -2.14. The molecule has 0 bridgehead atoms. The summed E-state index contributed by atoms with van der Waals surface area (Å²) in [5.41, 5.74) is 13.1. The van der Waals surface area contributed by atoms with Gasteiger partial charge in [0.1, 0.15) is 11.5 Å². The van der Waals surface area contributed by atoms with E-state index in [4.69, 9.17) is 23.1 Å². The highest BCUT2D eigenvalue weighted by Crippen LogP contribution is 2.39. The van der Waals surface area contributed by atoms with Crippen LogP contribution in [0.1, 0.15) is 16.5 Å². The van der Waals surface area contributed by atoms with Crippen molar-refractivity contribution < 1.29 is 10.2 Å². The minimum Gasteiger partial charge on any atom is -0.508 e. The van der Waals surface area contributed by atoms with Crippen LogP contribution >= 0.6 is 11.6 Å². The molecule has 2 aromatic carbocycles. The average molecular weight is 265 g/mol. The summed E-state index contributed by atoms with van der Waals surface area (Å²) in [5, 5.41) is 18.8. The van der Waals surface area contributed by atoms with Crippen LogP contribution in [0.2, 0.25) is 0 Å². The number of rotatable bonds is 2. The number of hydrogen-bond acceptors (Lipinski definition) is 4. The van der Waals surface area contributed by atoms with Crippen LogP contribution in [0, 0.1) is 0 Å². The van der Waals surface area contributed by atoms with Gasteiger partial charge in [0.25, 0.3) is 0 Å². The Morgan fingerprint density at radius 2 is 1.22 bits per heavy atom. The van der Waals surface area contributed by atoms with Crippen LogP contribution in [0.3, 0.4) is 0 Å². The highest BCUT2D eigenvalue weighted by molar-refractivity contribution is 6.23. The minimum atomic E-state index is -0.725. The molecule has 0 heterocycles. The van der Waals surface area contributed by atoms with Crippen molar-refractivity contribution in [3.8, 4) is 11.5 Å². The Bertz CT molecular complexity index is 536. The predicted molar refractivity (Wildman–Crippen MR) is 72.7 cm³/mol. The smallest absolute Gasteiger partial charge is 0.120 e. The van der Waals surface area contributed by atoms with Gasteiger partial charge in [-0.2, -0.15) is 0 Å². The number of phenolic OH excluding ortho intramolecular Hbond substituents is 2. The van der Waals surface area contributed by atoms with E-state index in [2.05, 4.69) is 0 Å². The summed E-state index contributed by atoms with van der Waals surface area (Å²) in [6.07, 6.45) is 0. The average Bonchev–Trinajstić information content (AvgIpc) is 2.34. The van der Waals surface area contributed by atoms with Crippen molar-refractivity contribution >= 4 is 23.0 Å². The Morgan fingerprint density at radius 1 is 0.833 bits per heavy atom. The van der Waals surface area contributed by atoms with Gasteiger partial charge < -0.3 is 21.7 Å². The van der Waals surface area contributed by atoms with E-state index >= 15 is 0 Å². The molecule has 6 N–H and O–H groups in total. The third-order valence-electron chi connectivity index (χ3n) is 2.65. The maximum atomic E-state index is 9.77. The van der Waals surface area contributed by atoms with E-state index in [1.54, 1.807) is 24.3 Å². The number of hydrogen-bond donors (Lipinski definition) is 4. The molecule has 0 saturated carbocycles. The van der Waals surface area contributed by atoms with Gasteiger partial charge in [-0.15, -0.1) is 11.6 Å². The van der Waals surface area contributed by atoms with Crippen LogP contribution in [0.25, 0.3) is 0 Å². The third kappa shape index (κ3) is 2.28. The van der Waals surface area contributed by atoms with Crippen LogP contribution in [0.15, 0.2) is 36.4 Å². The zero-order valence-electron chi connectivity index (χ0n) is 9.47. The van der Waals surface area contributed by atoms with Gasteiger partial charge in [-0.25, -0.2) is 0 Å². The second-order valence-electron chi connectivity index (χ2n) is 4.00. The summed E-state index contributed by atoms with van der Waals surface area (Å²) < 4.78 is 0. The quantitative estimate of drug-likeness (QED) is 0.381. The normalized spacial score (nSPS) is 10.8. The Hall–Kier alpha value is -2.07. The predicted octanol–water partition coefficient (Wildman–Crippen LogP) is 2.59. The molecule has 5 heteroatoms. The van der Waals surface area contributed by atoms with Crippen LogP contribution in [-0.4, -0.2) is 10.2 Å². The van der Waals surface area contributed by atoms with Crippen LogP contribution < -0.4 is 11.5 Å². The molecule has 0 aromatic heterocycles. The first-order valence-electron chi connectivity index (χ1n) is 5.30. The maximum Gasteiger partial charge on any atom is 0.120 e. The Kier molecular flexibility index (Phi) is 3.21. The van der Waals surface area contributed by atoms with E-state index in [-0.39, 0.29) is 11.5 Å². The van der Waals surface area contributed by atoms with E-state index in [0.29, 0.717) is 22.5 Å². The first kappa shape index (κ1) is 12.4. The van der Waals surface area contributed by atoms with Gasteiger partial charge >= 0.3 is 0 Å². The molecule has 0 aliphatic carbocycles. The van der Waals surface area contributed by atoms with Crippen molar-refractivity contribution in [1.82, 2.24) is 0 Å². The largest absolute Gasteiger partial charge is 0.508 e. The number of phenols is 2. The fraction of sp³-hybridized carbons (Fsp3) is 0.0769. The van der Waals surface area contributed by atoms with Gasteiger partial charge in [0.15, 0.2) is 0 Å². The number of alkyl halides is 1. The summed E-state index contributed by atoms with van der Waals surface area (Å²) in [5.74, 6) is 0.0389. The fourth-order valence-corrected chi connectivity index (χ4v) is 2.07. The van der Waals surface area contributed by atoms with Gasteiger partial charge in [0.05, 0.1) is 5.38 Å². The fourth-order valence-electron chi connectivity index (χ4n) is 1.72. The molecular weight excluding hydrogens is 252 g/mol. The van der Waals surface area contributed by atoms with Crippen LogP contribution in [0.5, 0.6) is 11.5 Å². The second kappa shape index (κ2) is 4.66. The number of aromatic hydroxyl groups is 2. The molecule has 2 rings (SSSR count). The molecule has 0 aliphatic heterocycles. The van der Waals surface area contributed by atoms with E-state index < -0.39 is 5.38 Å². The summed E-state index contributed by atoms with van der Waals surface area (Å²) in [6.45, 7) is 0. The Morgan fingerprint density at radius 3 is 1.61 bits per heavy atom. The molecule has 2 aromatic rings. The molecule has 0 atom stereocenters. The van der Waals surface area contributed by atoms with Crippen molar-refractivity contribution in [2.75, 3.05) is 11.5 Å². The molecule has 0 spiro atoms. The van der Waals surface area contributed by atoms with Crippen molar-refractivity contribution in [2.24, 2.45) is 0 Å². The summed E-state index contributed by atoms with van der Waals surface area (Å²) in [6, 6.07) is 9.20. The molecule has 18 heavy (non-hydrogen) atoms. The Balaban J connectivity index is 2.50. The lowest BCUT2D eigenvalue weighted by Crippen LogP contribution is -1.98. The van der Waals surface area contributed by atoms with E-state index in [0.717, 1.165) is 0 Å². The van der Waals surface area contributed by atoms with E-state index in [9.17, 15) is 10.2 Å². The van der Waals surface area contributed by atoms with E-state index in [1.807, 2.05) is 0 Å². The molecule has 0 aliphatic rings. The highest BCUT2D eigenvalue weighted by Gasteiger charge is 2.18. The molecule has 0 unspecified atom stereocenters. The van der Waals surface area contributed by atoms with Gasteiger partial charge in [0.2, 0.25) is 0 Å². The number of anilines is 2. The number of nitrogens with two attached hydrogens (primary N) is 2. The molecule has 0 saturated heterocycles. The first-order valence-corrected chi connectivity index (χ1v) is 5.73. The molecular formula is C13H13ClN2O2. The van der Waals surface area contributed by atoms with Gasteiger partial charge in [-0.3, -0.25) is 0 Å². The first-order chi connectivity index (χ1) is 8.49. The topological polar surface area (TPSA) is 92.5 Å². The maximum absolute atomic E-state index is 9.77. The molecule has 4 nitrogen and oxygen atoms in total. The lowest BCUT2D eigenvalue weighted by atomic mass is 10.0. The number of nitrogen functional groups attached to an aromatic ring is 2. The summed E-state index contributed by atoms with van der Waals surface area (Å²) >= 11 is 6.25. The number of benzene rings is 2. The van der Waals surface area contributed by atoms with Crippen molar-refractivity contribution in [2.45, 2.75) is 5.38 Å². The van der Waals surface area contributed by atoms with Gasteiger partial charge in [-0.05, 0) is 36.4 Å². The molecule has 94 valence electrons. The molecule has 0 amide bonds. The lowest BCUT2D eigenvalue weighted by molar-refractivity contribution is 0.462. The monoisotopic (exact) mass is 264 g/mol. The molecule has 0 fully saturated rings. The van der Waals surface area contributed by atoms with Gasteiger partial charge in [-0.1, -0.05) is 0 Å². The van der Waals surface area contributed by atoms with Crippen LogP contribution in [-0.2, 0) is 0 Å². The molecule has 0 radical (unpaired) electrons. The van der Waals surface area contributed by atoms with Crippen LogP contribution in [0.4, 0.5) is 11.4 Å². The summed E-state index contributed by atoms with van der Waals surface area (Å²) in [4.78, 5) is 0. The second-order valence-corrected chi connectivity index (χ2v) is 4.44. The zero-order valence-corrected chi connectivity index (χ0v) is 10.2. The summed E-state index contributed by atoms with van der Waals surface area (Å²) in [7, 11) is 0. The van der Waals surface area contributed by atoms with Crippen molar-refractivity contribution in [3.63, 3.8) is 0 Å². The standard InChI is InChI=1S/C13H13ClN2O2/c14-13(9-5-7(15)1-3-11(9)17)10-6-8(16)2-4-12(10)18/h1-6,13,17-18H,15-16H2. The third-order valence-corrected chi connectivity index (χ3v) is 3.12. The van der Waals surface area contributed by atoms with E-state index in [1.165, 1.54) is 12.1 Å². The van der Waals surface area contributed by atoms with Crippen molar-refractivity contribution in [1.29, 1.82) is 0 Å². The van der Waals surface area contributed by atoms with Gasteiger partial charge in [0, 0.05) is 22.5 Å². The number of halogens is 1. The van der Waals surface area contributed by atoms with Crippen molar-refractivity contribution in [3.05, 3.63) is 47.5 Å². The minimum absolute atomic E-state index is 0.0195. The SMILES string of the molecule is Nc1ccc(O)c(C(Cl)c2cc(N)ccc2O)c1. The Labute approximate surface area is 109 Å².